The monoisotopic (exact) mass is 378 g/mol. The highest BCUT2D eigenvalue weighted by Gasteiger charge is 2.18. The highest BCUT2D eigenvalue weighted by atomic mass is 16.5. The topological polar surface area (TPSA) is 73.6 Å². The van der Waals surface area contributed by atoms with Gasteiger partial charge in [-0.1, -0.05) is 35.5 Å². The molecular formula is C22H22N2O4. The van der Waals surface area contributed by atoms with E-state index in [0.29, 0.717) is 23.6 Å². The lowest BCUT2D eigenvalue weighted by atomic mass is 10.1. The second-order valence-corrected chi connectivity index (χ2v) is 6.72. The van der Waals surface area contributed by atoms with Crippen molar-refractivity contribution < 1.29 is 18.8 Å². The van der Waals surface area contributed by atoms with Gasteiger partial charge in [0.1, 0.15) is 29.9 Å². The highest BCUT2D eigenvalue weighted by Crippen LogP contribution is 2.24. The first-order valence-electron chi connectivity index (χ1n) is 9.45. The maximum Gasteiger partial charge on any atom is 0.261 e. The number of aromatic nitrogens is 1. The van der Waals surface area contributed by atoms with Gasteiger partial charge in [0, 0.05) is 17.9 Å². The van der Waals surface area contributed by atoms with Crippen LogP contribution >= 0.6 is 0 Å². The Kier molecular flexibility index (Phi) is 5.68. The minimum atomic E-state index is -0.274. The van der Waals surface area contributed by atoms with E-state index < -0.39 is 0 Å². The number of amides is 1. The third-order valence-electron chi connectivity index (χ3n) is 4.68. The Hall–Kier alpha value is -3.12. The summed E-state index contributed by atoms with van der Waals surface area (Å²) in [6.45, 7) is 1.36. The molecule has 28 heavy (non-hydrogen) atoms. The number of nitrogens with zero attached hydrogens (tertiary/aromatic N) is 1. The Morgan fingerprint density at radius 2 is 1.93 bits per heavy atom. The van der Waals surface area contributed by atoms with Gasteiger partial charge in [-0.2, -0.15) is 0 Å². The molecule has 1 atom stereocenters. The predicted molar refractivity (Wildman–Crippen MR) is 105 cm³/mol. The zero-order valence-corrected chi connectivity index (χ0v) is 15.5. The van der Waals surface area contributed by atoms with Gasteiger partial charge in [-0.15, -0.1) is 0 Å². The van der Waals surface area contributed by atoms with Crippen molar-refractivity contribution in [3.05, 3.63) is 66.4 Å². The number of ether oxygens (including phenoxy) is 2. The van der Waals surface area contributed by atoms with Gasteiger partial charge in [-0.05, 0) is 43.5 Å². The van der Waals surface area contributed by atoms with E-state index >= 15 is 0 Å². The summed E-state index contributed by atoms with van der Waals surface area (Å²) in [7, 11) is 0. The Labute approximate surface area is 163 Å². The Bertz CT molecular complexity index is 900. The summed E-state index contributed by atoms with van der Waals surface area (Å²) in [5, 5.41) is 6.83. The molecule has 0 radical (unpaired) electrons. The van der Waals surface area contributed by atoms with E-state index in [9.17, 15) is 4.79 Å². The molecule has 2 aromatic carbocycles. The fourth-order valence-electron chi connectivity index (χ4n) is 3.16. The molecule has 6 nitrogen and oxygen atoms in total. The molecule has 4 rings (SSSR count). The van der Waals surface area contributed by atoms with Crippen LogP contribution in [0, 0.1) is 0 Å². The van der Waals surface area contributed by atoms with Gasteiger partial charge in [0.2, 0.25) is 0 Å². The lowest BCUT2D eigenvalue weighted by molar-refractivity contribution is -0.0110. The standard InChI is InChI=1S/C22H22N2O4/c25-22(20-15-28-24-21(20)16-6-2-1-3-7-16)23-17-9-11-18(12-10-17)27-14-19-8-4-5-13-26-19/h1-3,6-7,9-12,15,19H,4-5,8,13-14H2,(H,23,25). The van der Waals surface area contributed by atoms with Gasteiger partial charge in [0.05, 0.1) is 6.10 Å². The molecule has 0 bridgehead atoms. The van der Waals surface area contributed by atoms with E-state index in [1.54, 1.807) is 0 Å². The van der Waals surface area contributed by atoms with Crippen LogP contribution in [0.25, 0.3) is 11.3 Å². The van der Waals surface area contributed by atoms with Gasteiger partial charge in [-0.25, -0.2) is 0 Å². The maximum atomic E-state index is 12.6. The molecule has 1 unspecified atom stereocenters. The molecule has 1 aliphatic rings. The largest absolute Gasteiger partial charge is 0.491 e. The Morgan fingerprint density at radius 3 is 2.68 bits per heavy atom. The molecule has 1 aromatic heterocycles. The Morgan fingerprint density at radius 1 is 1.11 bits per heavy atom. The van der Waals surface area contributed by atoms with Gasteiger partial charge in [-0.3, -0.25) is 4.79 Å². The molecule has 3 aromatic rings. The molecule has 0 aliphatic carbocycles. The number of rotatable bonds is 6. The van der Waals surface area contributed by atoms with Crippen LogP contribution in [0.2, 0.25) is 0 Å². The van der Waals surface area contributed by atoms with Gasteiger partial charge in [0.25, 0.3) is 5.91 Å². The highest BCUT2D eigenvalue weighted by molar-refractivity contribution is 6.07. The van der Waals surface area contributed by atoms with Crippen molar-refractivity contribution >= 4 is 11.6 Å². The average Bonchev–Trinajstić information content (AvgIpc) is 3.25. The van der Waals surface area contributed by atoms with Crippen molar-refractivity contribution in [2.24, 2.45) is 0 Å². The van der Waals surface area contributed by atoms with Crippen LogP contribution in [-0.4, -0.2) is 30.4 Å². The van der Waals surface area contributed by atoms with E-state index in [-0.39, 0.29) is 12.0 Å². The number of hydrogen-bond acceptors (Lipinski definition) is 5. The quantitative estimate of drug-likeness (QED) is 0.682. The fourth-order valence-corrected chi connectivity index (χ4v) is 3.16. The summed E-state index contributed by atoms with van der Waals surface area (Å²) in [5.74, 6) is 0.478. The zero-order valence-electron chi connectivity index (χ0n) is 15.5. The van der Waals surface area contributed by atoms with E-state index in [1.807, 2.05) is 54.6 Å². The molecule has 1 saturated heterocycles. The lowest BCUT2D eigenvalue weighted by Crippen LogP contribution is -2.25. The van der Waals surface area contributed by atoms with Crippen LogP contribution in [0.3, 0.4) is 0 Å². The third-order valence-corrected chi connectivity index (χ3v) is 4.68. The summed E-state index contributed by atoms with van der Waals surface area (Å²) >= 11 is 0. The van der Waals surface area contributed by atoms with Crippen molar-refractivity contribution in [3.63, 3.8) is 0 Å². The number of nitrogens with one attached hydrogen (secondary N) is 1. The molecule has 0 saturated carbocycles. The van der Waals surface area contributed by atoms with Crippen LogP contribution in [0.15, 0.2) is 65.4 Å². The summed E-state index contributed by atoms with van der Waals surface area (Å²) in [6.07, 6.45) is 4.88. The number of benzene rings is 2. The van der Waals surface area contributed by atoms with Crippen molar-refractivity contribution in [2.45, 2.75) is 25.4 Å². The van der Waals surface area contributed by atoms with Crippen LogP contribution < -0.4 is 10.1 Å². The second-order valence-electron chi connectivity index (χ2n) is 6.72. The summed E-state index contributed by atoms with van der Waals surface area (Å²) in [5.41, 5.74) is 2.41. The average molecular weight is 378 g/mol. The molecule has 6 heteroatoms. The molecule has 144 valence electrons. The summed E-state index contributed by atoms with van der Waals surface area (Å²) in [6, 6.07) is 16.8. The molecule has 1 fully saturated rings. The van der Waals surface area contributed by atoms with Crippen LogP contribution in [0.1, 0.15) is 29.6 Å². The van der Waals surface area contributed by atoms with Gasteiger partial charge >= 0.3 is 0 Å². The molecule has 1 amide bonds. The zero-order chi connectivity index (χ0) is 19.2. The third kappa shape index (κ3) is 4.40. The van der Waals surface area contributed by atoms with Crippen molar-refractivity contribution in [2.75, 3.05) is 18.5 Å². The van der Waals surface area contributed by atoms with Crippen LogP contribution in [0.5, 0.6) is 5.75 Å². The van der Waals surface area contributed by atoms with E-state index in [0.717, 1.165) is 30.8 Å². The number of hydrogen-bond donors (Lipinski definition) is 1. The number of carbonyl (C=O) groups is 1. The normalized spacial score (nSPS) is 16.5. The minimum absolute atomic E-state index is 0.165. The predicted octanol–water partition coefficient (Wildman–Crippen LogP) is 4.54. The first kappa shape index (κ1) is 18.3. The van der Waals surface area contributed by atoms with Crippen molar-refractivity contribution in [1.29, 1.82) is 0 Å². The lowest BCUT2D eigenvalue weighted by Gasteiger charge is -2.22. The van der Waals surface area contributed by atoms with E-state index in [4.69, 9.17) is 14.0 Å². The summed E-state index contributed by atoms with van der Waals surface area (Å²) < 4.78 is 16.5. The minimum Gasteiger partial charge on any atom is -0.491 e. The number of anilines is 1. The van der Waals surface area contributed by atoms with Gasteiger partial charge < -0.3 is 19.3 Å². The molecule has 2 heterocycles. The van der Waals surface area contributed by atoms with Crippen LogP contribution in [0.4, 0.5) is 5.69 Å². The molecule has 1 aliphatic heterocycles. The molecule has 0 spiro atoms. The van der Waals surface area contributed by atoms with Gasteiger partial charge in [0.15, 0.2) is 0 Å². The first-order chi connectivity index (χ1) is 13.8. The van der Waals surface area contributed by atoms with E-state index in [1.165, 1.54) is 12.7 Å². The smallest absolute Gasteiger partial charge is 0.261 e. The second kappa shape index (κ2) is 8.71. The molecular weight excluding hydrogens is 356 g/mol. The van der Waals surface area contributed by atoms with Crippen LogP contribution in [-0.2, 0) is 4.74 Å². The SMILES string of the molecule is O=C(Nc1ccc(OCC2CCCCO2)cc1)c1conc1-c1ccccc1. The van der Waals surface area contributed by atoms with E-state index in [2.05, 4.69) is 10.5 Å². The first-order valence-corrected chi connectivity index (χ1v) is 9.45. The Balaban J connectivity index is 1.37. The maximum absolute atomic E-state index is 12.6. The van der Waals surface area contributed by atoms with Crippen molar-refractivity contribution in [1.82, 2.24) is 5.16 Å². The summed E-state index contributed by atoms with van der Waals surface area (Å²) in [4.78, 5) is 12.6. The fraction of sp³-hybridized carbons (Fsp3) is 0.273. The number of carbonyl (C=O) groups excluding carboxylic acids is 1. The molecule has 1 N–H and O–H groups in total. The van der Waals surface area contributed by atoms with Crippen molar-refractivity contribution in [3.8, 4) is 17.0 Å².